The van der Waals surface area contributed by atoms with Crippen molar-refractivity contribution in [3.05, 3.63) is 47.6 Å². The minimum atomic E-state index is -0.293. The Morgan fingerprint density at radius 2 is 2.12 bits per heavy atom. The molecule has 0 spiro atoms. The first kappa shape index (κ1) is 15.7. The van der Waals surface area contributed by atoms with Crippen LogP contribution in [0.2, 0.25) is 0 Å². The van der Waals surface area contributed by atoms with E-state index in [2.05, 4.69) is 27.5 Å². The van der Waals surface area contributed by atoms with Crippen molar-refractivity contribution in [1.29, 1.82) is 0 Å². The molecular weight excluding hydrogens is 336 g/mol. The van der Waals surface area contributed by atoms with Crippen LogP contribution in [0.15, 0.2) is 41.9 Å². The third kappa shape index (κ3) is 2.55. The van der Waals surface area contributed by atoms with E-state index in [0.29, 0.717) is 5.88 Å². The molecule has 3 aromatic heterocycles. The molecule has 126 valence electrons. The number of fused-ring (bicyclic) bond motifs is 3. The molecule has 4 rings (SSSR count). The Morgan fingerprint density at radius 1 is 1.24 bits per heavy atom. The van der Waals surface area contributed by atoms with Gasteiger partial charge in [-0.1, -0.05) is 6.07 Å². The Hall–Kier alpha value is -2.86. The van der Waals surface area contributed by atoms with E-state index in [0.717, 1.165) is 27.7 Å². The van der Waals surface area contributed by atoms with E-state index in [1.54, 1.807) is 24.6 Å². The van der Waals surface area contributed by atoms with Gasteiger partial charge in [-0.3, -0.25) is 4.79 Å². The van der Waals surface area contributed by atoms with Crippen LogP contribution < -0.4 is 4.74 Å². The van der Waals surface area contributed by atoms with Crippen molar-refractivity contribution in [2.75, 3.05) is 14.2 Å². The van der Waals surface area contributed by atoms with E-state index in [1.807, 2.05) is 18.2 Å². The zero-order chi connectivity index (χ0) is 17.4. The van der Waals surface area contributed by atoms with Gasteiger partial charge in [0.1, 0.15) is 0 Å². The van der Waals surface area contributed by atoms with Gasteiger partial charge in [0.05, 0.1) is 20.6 Å². The number of nitrogens with zero attached hydrogens (tertiary/aromatic N) is 1. The van der Waals surface area contributed by atoms with E-state index < -0.39 is 0 Å². The number of carbonyl (C=O) groups is 1. The minimum absolute atomic E-state index is 0.158. The second-order valence-electron chi connectivity index (χ2n) is 5.62. The van der Waals surface area contributed by atoms with E-state index >= 15 is 0 Å². The summed E-state index contributed by atoms with van der Waals surface area (Å²) < 4.78 is 11.5. The molecule has 0 atom stereocenters. The van der Waals surface area contributed by atoms with Crippen molar-refractivity contribution in [3.63, 3.8) is 0 Å². The van der Waals surface area contributed by atoms with Crippen LogP contribution in [0.3, 0.4) is 0 Å². The normalized spacial score (nSPS) is 11.1. The van der Waals surface area contributed by atoms with Crippen molar-refractivity contribution >= 4 is 38.3 Å². The number of nitrogens with one attached hydrogen (secondary N) is 1. The first-order valence-corrected chi connectivity index (χ1v) is 8.68. The highest BCUT2D eigenvalue weighted by Gasteiger charge is 2.21. The zero-order valence-corrected chi connectivity index (χ0v) is 14.6. The van der Waals surface area contributed by atoms with Gasteiger partial charge in [0.2, 0.25) is 5.88 Å². The summed E-state index contributed by atoms with van der Waals surface area (Å²) in [5, 5.41) is 4.32. The molecule has 0 bridgehead atoms. The molecule has 0 amide bonds. The number of methoxy groups -OCH3 is 2. The first-order chi connectivity index (χ1) is 12.2. The topological polar surface area (TPSA) is 64.2 Å². The number of ether oxygens (including phenoxy) is 2. The molecule has 0 fully saturated rings. The average Bonchev–Trinajstić information content (AvgIpc) is 3.25. The highest BCUT2D eigenvalue weighted by Crippen LogP contribution is 2.42. The molecular formula is C19H16N2O3S. The van der Waals surface area contributed by atoms with E-state index in [9.17, 15) is 4.79 Å². The number of thiophene rings is 1. The number of hydrogen-bond donors (Lipinski definition) is 1. The van der Waals surface area contributed by atoms with Crippen LogP contribution in [0.5, 0.6) is 5.88 Å². The summed E-state index contributed by atoms with van der Waals surface area (Å²) >= 11 is 1.68. The molecule has 0 radical (unpaired) electrons. The molecule has 25 heavy (non-hydrogen) atoms. The lowest BCUT2D eigenvalue weighted by Gasteiger charge is -2.09. The van der Waals surface area contributed by atoms with E-state index in [-0.39, 0.29) is 12.4 Å². The van der Waals surface area contributed by atoms with Gasteiger partial charge in [-0.15, -0.1) is 11.3 Å². The molecule has 1 N–H and O–H groups in total. The second-order valence-corrected chi connectivity index (χ2v) is 6.53. The number of esters is 1. The Labute approximate surface area is 148 Å². The fourth-order valence-electron chi connectivity index (χ4n) is 3.15. The monoisotopic (exact) mass is 352 g/mol. The molecule has 0 saturated heterocycles. The number of carbonyl (C=O) groups excluding carboxylic acids is 1. The Balaban J connectivity index is 2.09. The molecule has 6 heteroatoms. The Morgan fingerprint density at radius 3 is 2.92 bits per heavy atom. The standard InChI is InChI=1S/C19H16N2O3S/c1-23-15(22)10-14-16(12-4-3-8-20-19(12)24-2)17-13(21-14)6-5-11-7-9-25-18(11)17/h3-9,21H,10H2,1-2H3. The van der Waals surface area contributed by atoms with Crippen LogP contribution >= 0.6 is 11.3 Å². The van der Waals surface area contributed by atoms with Crippen molar-refractivity contribution < 1.29 is 14.3 Å². The van der Waals surface area contributed by atoms with Gasteiger partial charge in [0.15, 0.2) is 0 Å². The van der Waals surface area contributed by atoms with Gasteiger partial charge in [-0.25, -0.2) is 4.98 Å². The predicted octanol–water partition coefficient (Wildman–Crippen LogP) is 4.17. The van der Waals surface area contributed by atoms with E-state index in [1.165, 1.54) is 17.2 Å². The Kier molecular flexibility index (Phi) is 3.89. The highest BCUT2D eigenvalue weighted by molar-refractivity contribution is 7.18. The summed E-state index contributed by atoms with van der Waals surface area (Å²) in [4.78, 5) is 19.6. The number of benzene rings is 1. The van der Waals surface area contributed by atoms with Gasteiger partial charge in [-0.2, -0.15) is 0 Å². The lowest BCUT2D eigenvalue weighted by atomic mass is 10.0. The first-order valence-electron chi connectivity index (χ1n) is 7.80. The van der Waals surface area contributed by atoms with Crippen molar-refractivity contribution in [1.82, 2.24) is 9.97 Å². The third-order valence-corrected chi connectivity index (χ3v) is 5.19. The summed E-state index contributed by atoms with van der Waals surface area (Å²) in [6.45, 7) is 0. The maximum absolute atomic E-state index is 11.9. The third-order valence-electron chi connectivity index (χ3n) is 4.24. The number of H-pyrrole nitrogens is 1. The molecule has 0 aliphatic heterocycles. The molecule has 0 saturated carbocycles. The number of rotatable bonds is 4. The quantitative estimate of drug-likeness (QED) is 0.560. The summed E-state index contributed by atoms with van der Waals surface area (Å²) in [6, 6.07) is 10.0. The molecule has 1 aromatic carbocycles. The van der Waals surface area contributed by atoms with Crippen LogP contribution in [0.4, 0.5) is 0 Å². The zero-order valence-electron chi connectivity index (χ0n) is 13.8. The molecule has 3 heterocycles. The smallest absolute Gasteiger partial charge is 0.311 e. The van der Waals surface area contributed by atoms with Crippen LogP contribution in [0.25, 0.3) is 32.1 Å². The largest absolute Gasteiger partial charge is 0.481 e. The van der Waals surface area contributed by atoms with Crippen molar-refractivity contribution in [2.45, 2.75) is 6.42 Å². The van der Waals surface area contributed by atoms with Gasteiger partial charge < -0.3 is 14.5 Å². The SMILES string of the molecule is COC(=O)Cc1[nH]c2ccc3ccsc3c2c1-c1cccnc1OC. The fraction of sp³-hybridized carbons (Fsp3) is 0.158. The maximum atomic E-state index is 11.9. The number of pyridine rings is 1. The lowest BCUT2D eigenvalue weighted by Crippen LogP contribution is -2.06. The molecule has 5 nitrogen and oxygen atoms in total. The van der Waals surface area contributed by atoms with Crippen molar-refractivity contribution in [2.24, 2.45) is 0 Å². The molecule has 0 aliphatic rings. The maximum Gasteiger partial charge on any atom is 0.311 e. The van der Waals surface area contributed by atoms with Gasteiger partial charge >= 0.3 is 5.97 Å². The predicted molar refractivity (Wildman–Crippen MR) is 99.2 cm³/mol. The fourth-order valence-corrected chi connectivity index (χ4v) is 4.10. The summed E-state index contributed by atoms with van der Waals surface area (Å²) in [5.41, 5.74) is 3.58. The number of aromatic amines is 1. The second kappa shape index (κ2) is 6.22. The van der Waals surface area contributed by atoms with Crippen LogP contribution in [0, 0.1) is 0 Å². The van der Waals surface area contributed by atoms with Crippen LogP contribution in [0.1, 0.15) is 5.69 Å². The van der Waals surface area contributed by atoms with Gasteiger partial charge in [0.25, 0.3) is 0 Å². The van der Waals surface area contributed by atoms with Crippen LogP contribution in [-0.2, 0) is 16.0 Å². The summed E-state index contributed by atoms with van der Waals surface area (Å²) in [7, 11) is 2.99. The molecule has 4 aromatic rings. The Bertz CT molecular complexity index is 1080. The average molecular weight is 352 g/mol. The summed E-state index contributed by atoms with van der Waals surface area (Å²) in [5.74, 6) is 0.237. The van der Waals surface area contributed by atoms with Gasteiger partial charge in [-0.05, 0) is 35.0 Å². The van der Waals surface area contributed by atoms with E-state index in [4.69, 9.17) is 9.47 Å². The number of aromatic nitrogens is 2. The summed E-state index contributed by atoms with van der Waals surface area (Å²) in [6.07, 6.45) is 1.85. The van der Waals surface area contributed by atoms with Crippen LogP contribution in [-0.4, -0.2) is 30.2 Å². The molecule has 0 unspecified atom stereocenters. The number of hydrogen-bond acceptors (Lipinski definition) is 5. The highest BCUT2D eigenvalue weighted by atomic mass is 32.1. The van der Waals surface area contributed by atoms with Crippen molar-refractivity contribution in [3.8, 4) is 17.0 Å². The minimum Gasteiger partial charge on any atom is -0.481 e. The van der Waals surface area contributed by atoms with Gasteiger partial charge in [0, 0.05) is 38.6 Å². The molecule has 0 aliphatic carbocycles. The lowest BCUT2D eigenvalue weighted by molar-refractivity contribution is -0.139.